The monoisotopic (exact) mass is 318 g/mol. The molecular formula is C12H18N2O4S2. The second kappa shape index (κ2) is 6.94. The van der Waals surface area contributed by atoms with Crippen molar-refractivity contribution < 1.29 is 19.4 Å². The molecular weight excluding hydrogens is 300 g/mol. The molecule has 0 radical (unpaired) electrons. The molecule has 0 fully saturated rings. The fraction of sp³-hybridized carbons (Fsp3) is 0.583. The van der Waals surface area contributed by atoms with Crippen molar-refractivity contribution in [2.75, 3.05) is 6.26 Å². The molecule has 1 amide bonds. The van der Waals surface area contributed by atoms with Gasteiger partial charge in [0, 0.05) is 0 Å². The van der Waals surface area contributed by atoms with Crippen LogP contribution in [0.4, 0.5) is 4.79 Å². The van der Waals surface area contributed by atoms with Crippen LogP contribution >= 0.6 is 23.1 Å². The summed E-state index contributed by atoms with van der Waals surface area (Å²) in [6.07, 6.45) is 2.69. The normalized spacial score (nSPS) is 12.8. The Morgan fingerprint density at radius 3 is 2.65 bits per heavy atom. The first kappa shape index (κ1) is 16.8. The van der Waals surface area contributed by atoms with Crippen molar-refractivity contribution in [1.82, 2.24) is 10.3 Å². The number of carboxylic acid groups (broad SMARTS) is 1. The van der Waals surface area contributed by atoms with Gasteiger partial charge in [0.05, 0.1) is 22.9 Å². The molecule has 0 spiro atoms. The van der Waals surface area contributed by atoms with Gasteiger partial charge in [-0.05, 0) is 27.0 Å². The SMILES string of the molecule is CSc1cnc([C@@H](CC(=O)O)NC(=O)OC(C)(C)C)s1. The van der Waals surface area contributed by atoms with E-state index >= 15 is 0 Å². The number of hydrogen-bond acceptors (Lipinski definition) is 6. The van der Waals surface area contributed by atoms with Crippen molar-refractivity contribution in [2.24, 2.45) is 0 Å². The maximum absolute atomic E-state index is 11.7. The molecule has 0 aromatic carbocycles. The van der Waals surface area contributed by atoms with Gasteiger partial charge >= 0.3 is 12.1 Å². The molecule has 112 valence electrons. The molecule has 1 heterocycles. The highest BCUT2D eigenvalue weighted by atomic mass is 32.2. The predicted octanol–water partition coefficient (Wildman–Crippen LogP) is 2.91. The molecule has 1 rings (SSSR count). The zero-order valence-electron chi connectivity index (χ0n) is 11.8. The lowest BCUT2D eigenvalue weighted by atomic mass is 10.2. The topological polar surface area (TPSA) is 88.5 Å². The second-order valence-corrected chi connectivity index (χ2v) is 7.19. The van der Waals surface area contributed by atoms with E-state index in [4.69, 9.17) is 9.84 Å². The third-order valence-corrected chi connectivity index (χ3v) is 4.23. The fourth-order valence-electron chi connectivity index (χ4n) is 1.35. The zero-order valence-corrected chi connectivity index (χ0v) is 13.4. The van der Waals surface area contributed by atoms with Gasteiger partial charge in [0.25, 0.3) is 0 Å². The van der Waals surface area contributed by atoms with Crippen molar-refractivity contribution in [2.45, 2.75) is 43.0 Å². The highest BCUT2D eigenvalue weighted by molar-refractivity contribution is 8.00. The van der Waals surface area contributed by atoms with Crippen LogP contribution in [-0.4, -0.2) is 34.0 Å². The van der Waals surface area contributed by atoms with Gasteiger partial charge in [0.1, 0.15) is 10.6 Å². The molecule has 0 aliphatic heterocycles. The summed E-state index contributed by atoms with van der Waals surface area (Å²) in [6, 6.07) is -0.687. The molecule has 0 saturated carbocycles. The van der Waals surface area contributed by atoms with Crippen LogP contribution in [0.25, 0.3) is 0 Å². The van der Waals surface area contributed by atoms with E-state index in [0.29, 0.717) is 5.01 Å². The van der Waals surface area contributed by atoms with E-state index in [-0.39, 0.29) is 6.42 Å². The smallest absolute Gasteiger partial charge is 0.408 e. The lowest BCUT2D eigenvalue weighted by Crippen LogP contribution is -2.35. The van der Waals surface area contributed by atoms with Gasteiger partial charge in [-0.2, -0.15) is 0 Å². The number of carboxylic acids is 1. The lowest BCUT2D eigenvalue weighted by molar-refractivity contribution is -0.137. The molecule has 2 N–H and O–H groups in total. The van der Waals surface area contributed by atoms with E-state index in [2.05, 4.69) is 10.3 Å². The first-order valence-corrected chi connectivity index (χ1v) is 7.96. The van der Waals surface area contributed by atoms with Gasteiger partial charge in [-0.3, -0.25) is 4.79 Å². The van der Waals surface area contributed by atoms with Crippen LogP contribution in [0.1, 0.15) is 38.2 Å². The predicted molar refractivity (Wildman–Crippen MR) is 78.3 cm³/mol. The molecule has 20 heavy (non-hydrogen) atoms. The van der Waals surface area contributed by atoms with Gasteiger partial charge in [-0.1, -0.05) is 0 Å². The minimum atomic E-state index is -1.01. The third-order valence-electron chi connectivity index (χ3n) is 2.07. The minimum Gasteiger partial charge on any atom is -0.481 e. The van der Waals surface area contributed by atoms with Crippen LogP contribution in [0.5, 0.6) is 0 Å². The molecule has 1 atom stereocenters. The zero-order chi connectivity index (χ0) is 15.3. The van der Waals surface area contributed by atoms with Crippen molar-refractivity contribution >= 4 is 35.2 Å². The number of thiazole rings is 1. The lowest BCUT2D eigenvalue weighted by Gasteiger charge is -2.22. The summed E-state index contributed by atoms with van der Waals surface area (Å²) in [7, 11) is 0. The van der Waals surface area contributed by atoms with Gasteiger partial charge in [-0.15, -0.1) is 23.1 Å². The summed E-state index contributed by atoms with van der Waals surface area (Å²) < 4.78 is 6.09. The Morgan fingerprint density at radius 1 is 1.55 bits per heavy atom. The number of thioether (sulfide) groups is 1. The molecule has 0 aliphatic carbocycles. The standard InChI is InChI=1S/C12H18N2O4S2/c1-12(2,3)18-11(17)14-7(5-8(15)16)10-13-6-9(19-4)20-10/h6-7H,5H2,1-4H3,(H,14,17)(H,15,16)/t7-/m1/s1. The number of nitrogens with one attached hydrogen (secondary N) is 1. The van der Waals surface area contributed by atoms with Crippen LogP contribution in [0.15, 0.2) is 10.4 Å². The molecule has 1 aromatic heterocycles. The summed E-state index contributed by atoms with van der Waals surface area (Å²) in [5.41, 5.74) is -0.634. The van der Waals surface area contributed by atoms with Crippen molar-refractivity contribution in [1.29, 1.82) is 0 Å². The van der Waals surface area contributed by atoms with Crippen LogP contribution in [0.3, 0.4) is 0 Å². The summed E-state index contributed by atoms with van der Waals surface area (Å²) in [6.45, 7) is 5.23. The van der Waals surface area contributed by atoms with Gasteiger partial charge in [-0.25, -0.2) is 9.78 Å². The summed E-state index contributed by atoms with van der Waals surface area (Å²) in [5.74, 6) is -1.01. The number of rotatable bonds is 5. The van der Waals surface area contributed by atoms with Crippen LogP contribution in [0.2, 0.25) is 0 Å². The molecule has 1 aromatic rings. The number of alkyl carbamates (subject to hydrolysis) is 1. The van der Waals surface area contributed by atoms with E-state index in [9.17, 15) is 9.59 Å². The highest BCUT2D eigenvalue weighted by Crippen LogP contribution is 2.28. The molecule has 0 bridgehead atoms. The Labute approximate surface area is 125 Å². The number of carbonyl (C=O) groups is 2. The van der Waals surface area contributed by atoms with E-state index < -0.39 is 23.7 Å². The van der Waals surface area contributed by atoms with Crippen LogP contribution in [-0.2, 0) is 9.53 Å². The second-order valence-electron chi connectivity index (χ2n) is 5.02. The molecule has 0 saturated heterocycles. The fourth-order valence-corrected chi connectivity index (χ4v) is 2.80. The summed E-state index contributed by atoms with van der Waals surface area (Å²) in [5, 5.41) is 12.0. The molecule has 0 aliphatic rings. The quantitative estimate of drug-likeness (QED) is 0.812. The van der Waals surface area contributed by atoms with Crippen molar-refractivity contribution in [3.05, 3.63) is 11.2 Å². The number of ether oxygens (including phenoxy) is 1. The summed E-state index contributed by atoms with van der Waals surface area (Å²) >= 11 is 2.88. The number of aromatic nitrogens is 1. The number of amides is 1. The van der Waals surface area contributed by atoms with E-state index in [0.717, 1.165) is 4.21 Å². The van der Waals surface area contributed by atoms with E-state index in [1.54, 1.807) is 27.0 Å². The van der Waals surface area contributed by atoms with Crippen molar-refractivity contribution in [3.8, 4) is 0 Å². The van der Waals surface area contributed by atoms with Gasteiger partial charge < -0.3 is 15.2 Å². The minimum absolute atomic E-state index is 0.236. The van der Waals surface area contributed by atoms with Crippen LogP contribution in [0, 0.1) is 0 Å². The first-order chi connectivity index (χ1) is 9.21. The Hall–Kier alpha value is -1.28. The van der Waals surface area contributed by atoms with E-state index in [1.807, 2.05) is 6.26 Å². The number of carbonyl (C=O) groups excluding carboxylic acids is 1. The molecule has 0 unspecified atom stereocenters. The summed E-state index contributed by atoms with van der Waals surface area (Å²) in [4.78, 5) is 26.8. The average Bonchev–Trinajstić information content (AvgIpc) is 2.73. The van der Waals surface area contributed by atoms with Crippen molar-refractivity contribution in [3.63, 3.8) is 0 Å². The Balaban J connectivity index is 2.79. The molecule has 8 heteroatoms. The van der Waals surface area contributed by atoms with Gasteiger partial charge in [0.15, 0.2) is 0 Å². The number of nitrogens with zero attached hydrogens (tertiary/aromatic N) is 1. The van der Waals surface area contributed by atoms with Crippen LogP contribution < -0.4 is 5.32 Å². The Bertz CT molecular complexity index is 482. The molecule has 6 nitrogen and oxygen atoms in total. The van der Waals surface area contributed by atoms with E-state index in [1.165, 1.54) is 23.1 Å². The van der Waals surface area contributed by atoms with Gasteiger partial charge in [0.2, 0.25) is 0 Å². The Morgan fingerprint density at radius 2 is 2.20 bits per heavy atom. The first-order valence-electron chi connectivity index (χ1n) is 5.92. The Kier molecular flexibility index (Phi) is 5.82. The average molecular weight is 318 g/mol. The maximum Gasteiger partial charge on any atom is 0.408 e. The number of aliphatic carboxylic acids is 1. The number of hydrogen-bond donors (Lipinski definition) is 2. The third kappa shape index (κ3) is 5.79. The largest absolute Gasteiger partial charge is 0.481 e. The maximum atomic E-state index is 11.7. The highest BCUT2D eigenvalue weighted by Gasteiger charge is 2.24.